The summed E-state index contributed by atoms with van der Waals surface area (Å²) in [6.45, 7) is 0. The Kier molecular flexibility index (Phi) is 3.34. The highest BCUT2D eigenvalue weighted by molar-refractivity contribution is 7.18. The average molecular weight is 377 g/mol. The van der Waals surface area contributed by atoms with Crippen LogP contribution in [0.2, 0.25) is 0 Å². The van der Waals surface area contributed by atoms with Crippen LogP contribution >= 0.6 is 11.3 Å². The summed E-state index contributed by atoms with van der Waals surface area (Å²) in [4.78, 5) is 9.14. The number of benzene rings is 2. The van der Waals surface area contributed by atoms with Crippen molar-refractivity contribution in [1.29, 1.82) is 0 Å². The standard InChI is InChI=1S/C24H15N3S/c1-2-6-21-18(4-1)19-9-8-17-12-15-28-24(17)23(19)27(21)22-7-3-5-20(26-22)16-10-13-25-14-11-16/h1-15H. The van der Waals surface area contributed by atoms with Gasteiger partial charge in [0.2, 0.25) is 0 Å². The Morgan fingerprint density at radius 3 is 2.57 bits per heavy atom. The lowest BCUT2D eigenvalue weighted by atomic mass is 10.1. The van der Waals surface area contributed by atoms with Gasteiger partial charge in [-0.3, -0.25) is 9.55 Å². The van der Waals surface area contributed by atoms with E-state index in [-0.39, 0.29) is 0 Å². The quantitative estimate of drug-likeness (QED) is 0.347. The highest BCUT2D eigenvalue weighted by atomic mass is 32.1. The fourth-order valence-corrected chi connectivity index (χ4v) is 4.88. The lowest BCUT2D eigenvalue weighted by molar-refractivity contribution is 1.09. The number of aromatic nitrogens is 3. The van der Waals surface area contributed by atoms with Gasteiger partial charge < -0.3 is 0 Å². The number of pyridine rings is 2. The first kappa shape index (κ1) is 15.5. The van der Waals surface area contributed by atoms with Crippen LogP contribution in [-0.4, -0.2) is 14.5 Å². The van der Waals surface area contributed by atoms with Crippen LogP contribution in [0.1, 0.15) is 0 Å². The Morgan fingerprint density at radius 2 is 1.64 bits per heavy atom. The van der Waals surface area contributed by atoms with Crippen molar-refractivity contribution in [1.82, 2.24) is 14.5 Å². The second kappa shape index (κ2) is 6.01. The van der Waals surface area contributed by atoms with E-state index in [0.29, 0.717) is 0 Å². The van der Waals surface area contributed by atoms with Crippen molar-refractivity contribution < 1.29 is 0 Å². The number of nitrogens with zero attached hydrogens (tertiary/aromatic N) is 3. The Hall–Kier alpha value is -3.50. The van der Waals surface area contributed by atoms with Crippen LogP contribution < -0.4 is 0 Å². The second-order valence-corrected chi connectivity index (χ2v) is 7.69. The second-order valence-electron chi connectivity index (χ2n) is 6.77. The van der Waals surface area contributed by atoms with E-state index in [9.17, 15) is 0 Å². The molecule has 6 rings (SSSR count). The fourth-order valence-electron chi connectivity index (χ4n) is 3.94. The zero-order chi connectivity index (χ0) is 18.5. The molecule has 2 aromatic carbocycles. The smallest absolute Gasteiger partial charge is 0.138 e. The van der Waals surface area contributed by atoms with Gasteiger partial charge in [-0.1, -0.05) is 36.4 Å². The van der Waals surface area contributed by atoms with Gasteiger partial charge in [-0.05, 0) is 47.2 Å². The third kappa shape index (κ3) is 2.22. The Morgan fingerprint density at radius 1 is 0.750 bits per heavy atom. The first-order valence-electron chi connectivity index (χ1n) is 9.17. The number of thiophene rings is 1. The predicted molar refractivity (Wildman–Crippen MR) is 117 cm³/mol. The van der Waals surface area contributed by atoms with Crippen LogP contribution in [0.15, 0.2) is 90.6 Å². The van der Waals surface area contributed by atoms with E-state index in [4.69, 9.17) is 4.98 Å². The number of para-hydroxylation sites is 1. The van der Waals surface area contributed by atoms with Gasteiger partial charge in [0.05, 0.1) is 21.4 Å². The number of rotatable bonds is 2. The molecule has 132 valence electrons. The zero-order valence-electron chi connectivity index (χ0n) is 14.9. The summed E-state index contributed by atoms with van der Waals surface area (Å²) >= 11 is 1.78. The molecule has 4 heteroatoms. The largest absolute Gasteiger partial charge is 0.292 e. The molecule has 0 unspecified atom stereocenters. The molecule has 0 bridgehead atoms. The van der Waals surface area contributed by atoms with Crippen molar-refractivity contribution in [3.05, 3.63) is 90.6 Å². The Labute approximate surface area is 165 Å². The van der Waals surface area contributed by atoms with Crippen molar-refractivity contribution >= 4 is 43.2 Å². The van der Waals surface area contributed by atoms with E-state index in [1.165, 1.54) is 31.9 Å². The van der Waals surface area contributed by atoms with Crippen LogP contribution in [0.5, 0.6) is 0 Å². The van der Waals surface area contributed by atoms with Gasteiger partial charge in [0.25, 0.3) is 0 Å². The first-order chi connectivity index (χ1) is 13.9. The number of hydrogen-bond donors (Lipinski definition) is 0. The maximum Gasteiger partial charge on any atom is 0.138 e. The minimum absolute atomic E-state index is 0.932. The topological polar surface area (TPSA) is 30.7 Å². The zero-order valence-corrected chi connectivity index (χ0v) is 15.7. The lowest BCUT2D eigenvalue weighted by Gasteiger charge is -2.09. The molecule has 0 aliphatic rings. The lowest BCUT2D eigenvalue weighted by Crippen LogP contribution is -1.98. The molecule has 0 spiro atoms. The molecule has 0 radical (unpaired) electrons. The van der Waals surface area contributed by atoms with Crippen molar-refractivity contribution in [3.63, 3.8) is 0 Å². The van der Waals surface area contributed by atoms with E-state index in [2.05, 4.69) is 69.5 Å². The molecule has 4 aromatic heterocycles. The van der Waals surface area contributed by atoms with Crippen LogP contribution in [0.25, 0.3) is 49.0 Å². The summed E-state index contributed by atoms with van der Waals surface area (Å²) in [7, 11) is 0. The summed E-state index contributed by atoms with van der Waals surface area (Å²) in [6.07, 6.45) is 3.61. The van der Waals surface area contributed by atoms with Crippen LogP contribution in [0, 0.1) is 0 Å². The van der Waals surface area contributed by atoms with Crippen molar-refractivity contribution in [2.24, 2.45) is 0 Å². The molecule has 28 heavy (non-hydrogen) atoms. The summed E-state index contributed by atoms with van der Waals surface area (Å²) in [5, 5.41) is 5.95. The average Bonchev–Trinajstić information content (AvgIpc) is 3.37. The summed E-state index contributed by atoms with van der Waals surface area (Å²) in [5.41, 5.74) is 4.42. The molecule has 0 atom stereocenters. The molecule has 0 amide bonds. The molecule has 0 saturated carbocycles. The van der Waals surface area contributed by atoms with E-state index in [1.54, 1.807) is 23.7 Å². The highest BCUT2D eigenvalue weighted by Crippen LogP contribution is 2.38. The first-order valence-corrected chi connectivity index (χ1v) is 10.1. The van der Waals surface area contributed by atoms with Gasteiger partial charge >= 0.3 is 0 Å². The molecular weight excluding hydrogens is 362 g/mol. The molecule has 0 fully saturated rings. The van der Waals surface area contributed by atoms with Crippen LogP contribution in [0.3, 0.4) is 0 Å². The third-order valence-corrected chi connectivity index (χ3v) is 6.13. The maximum atomic E-state index is 5.02. The van der Waals surface area contributed by atoms with Crippen molar-refractivity contribution in [3.8, 4) is 17.1 Å². The Balaban J connectivity index is 1.73. The molecule has 0 saturated heterocycles. The molecule has 6 aromatic rings. The van der Waals surface area contributed by atoms with E-state index < -0.39 is 0 Å². The summed E-state index contributed by atoms with van der Waals surface area (Å²) in [5.74, 6) is 0.932. The maximum absolute atomic E-state index is 5.02. The van der Waals surface area contributed by atoms with E-state index in [1.807, 2.05) is 18.2 Å². The normalized spacial score (nSPS) is 11.6. The van der Waals surface area contributed by atoms with Crippen molar-refractivity contribution in [2.75, 3.05) is 0 Å². The van der Waals surface area contributed by atoms with Crippen LogP contribution in [0.4, 0.5) is 0 Å². The third-order valence-electron chi connectivity index (χ3n) is 5.19. The Bertz CT molecular complexity index is 1460. The molecule has 0 N–H and O–H groups in total. The van der Waals surface area contributed by atoms with E-state index in [0.717, 1.165) is 17.1 Å². The van der Waals surface area contributed by atoms with Gasteiger partial charge in [0.15, 0.2) is 0 Å². The van der Waals surface area contributed by atoms with Gasteiger partial charge in [0.1, 0.15) is 5.82 Å². The van der Waals surface area contributed by atoms with Gasteiger partial charge in [-0.15, -0.1) is 11.3 Å². The predicted octanol–water partition coefficient (Wildman–Crippen LogP) is 6.46. The van der Waals surface area contributed by atoms with E-state index >= 15 is 0 Å². The highest BCUT2D eigenvalue weighted by Gasteiger charge is 2.16. The number of hydrogen-bond acceptors (Lipinski definition) is 3. The summed E-state index contributed by atoms with van der Waals surface area (Å²) in [6, 6.07) is 25.4. The molecule has 3 nitrogen and oxygen atoms in total. The van der Waals surface area contributed by atoms with Gasteiger partial charge in [0, 0.05) is 28.7 Å². The minimum Gasteiger partial charge on any atom is -0.292 e. The molecule has 0 aliphatic carbocycles. The summed E-state index contributed by atoms with van der Waals surface area (Å²) < 4.78 is 3.60. The minimum atomic E-state index is 0.932. The van der Waals surface area contributed by atoms with Gasteiger partial charge in [-0.25, -0.2) is 4.98 Å². The molecular formula is C24H15N3S. The van der Waals surface area contributed by atoms with Gasteiger partial charge in [-0.2, -0.15) is 0 Å². The molecule has 4 heterocycles. The van der Waals surface area contributed by atoms with Crippen LogP contribution in [-0.2, 0) is 0 Å². The SMILES string of the molecule is c1cc(-c2ccncc2)nc(-n2c3ccccc3c3ccc4ccsc4c32)c1. The molecule has 0 aliphatic heterocycles. The number of fused-ring (bicyclic) bond motifs is 5. The fraction of sp³-hybridized carbons (Fsp3) is 0. The van der Waals surface area contributed by atoms with Crippen molar-refractivity contribution in [2.45, 2.75) is 0 Å². The monoisotopic (exact) mass is 377 g/mol.